The number of halogens is 1. The molecule has 280 valence electrons. The monoisotopic (exact) mass is 831 g/mol. The zero-order chi connectivity index (χ0) is 36.9. The standard InChI is InChI=1S/C42H50IN5O5/c1-29(31-13-5-2-6-14-31)44-40(50)36(27-38(49)46-24-20-34(21-25-46)45-22-9-4-10-23-45)47-35(19-18-30-12-11-17-33(43)26-30)39(41(47)51)48-37(28-53-42(48)52)32-15-7-3-8-16-32/h2-3,5-8,11-19,26,29,34-37,39,41,51H,4,9-10,20-25,27-28H2,1H3,(H,44,50)/b19-18+/t29-,35-,36-,37-,39+,41?/m1/s1. The van der Waals surface area contributed by atoms with Crippen molar-refractivity contribution in [1.29, 1.82) is 0 Å². The lowest BCUT2D eigenvalue weighted by Gasteiger charge is -2.57. The maximum Gasteiger partial charge on any atom is 0.410 e. The molecule has 0 aliphatic carbocycles. The van der Waals surface area contributed by atoms with E-state index in [1.54, 1.807) is 9.80 Å². The number of hydrogen-bond acceptors (Lipinski definition) is 7. The summed E-state index contributed by atoms with van der Waals surface area (Å²) < 4.78 is 6.66. The first-order valence-electron chi connectivity index (χ1n) is 19.0. The lowest BCUT2D eigenvalue weighted by atomic mass is 9.86. The van der Waals surface area contributed by atoms with Crippen LogP contribution in [0, 0.1) is 3.57 Å². The molecule has 3 amide bonds. The molecule has 4 saturated heterocycles. The Labute approximate surface area is 326 Å². The Hall–Kier alpha value is -3.78. The highest BCUT2D eigenvalue weighted by Crippen LogP contribution is 2.41. The summed E-state index contributed by atoms with van der Waals surface area (Å²) >= 11 is 2.27. The van der Waals surface area contributed by atoms with Crippen LogP contribution in [0.25, 0.3) is 6.08 Å². The molecule has 2 N–H and O–H groups in total. The second kappa shape index (κ2) is 17.1. The van der Waals surface area contributed by atoms with Gasteiger partial charge in [0, 0.05) is 22.7 Å². The number of carbonyl (C=O) groups excluding carboxylic acids is 3. The molecule has 11 heteroatoms. The van der Waals surface area contributed by atoms with E-state index < -0.39 is 36.5 Å². The van der Waals surface area contributed by atoms with E-state index in [4.69, 9.17) is 4.74 Å². The van der Waals surface area contributed by atoms with Gasteiger partial charge in [0.1, 0.15) is 18.9 Å². The Bertz CT molecular complexity index is 1750. The van der Waals surface area contributed by atoms with Crippen molar-refractivity contribution >= 4 is 46.6 Å². The Morgan fingerprint density at radius 1 is 0.943 bits per heavy atom. The molecule has 6 atom stereocenters. The molecule has 0 saturated carbocycles. The molecule has 53 heavy (non-hydrogen) atoms. The molecule has 7 rings (SSSR count). The normalized spacial score (nSPS) is 25.5. The number of ether oxygens (including phenoxy) is 1. The number of amides is 3. The van der Waals surface area contributed by atoms with Crippen molar-refractivity contribution in [3.63, 3.8) is 0 Å². The smallest absolute Gasteiger partial charge is 0.410 e. The van der Waals surface area contributed by atoms with E-state index in [-0.39, 0.29) is 30.9 Å². The summed E-state index contributed by atoms with van der Waals surface area (Å²) in [5.74, 6) is -0.444. The molecule has 1 unspecified atom stereocenters. The Morgan fingerprint density at radius 3 is 2.34 bits per heavy atom. The fourth-order valence-electron chi connectivity index (χ4n) is 8.56. The summed E-state index contributed by atoms with van der Waals surface area (Å²) in [6.45, 7) is 5.63. The van der Waals surface area contributed by atoms with Crippen LogP contribution in [0.5, 0.6) is 0 Å². The fourth-order valence-corrected chi connectivity index (χ4v) is 9.13. The highest BCUT2D eigenvalue weighted by Gasteiger charge is 2.58. The van der Waals surface area contributed by atoms with E-state index in [1.165, 1.54) is 19.3 Å². The van der Waals surface area contributed by atoms with E-state index in [0.29, 0.717) is 19.1 Å². The average molecular weight is 832 g/mol. The summed E-state index contributed by atoms with van der Waals surface area (Å²) in [5.41, 5.74) is 2.79. The van der Waals surface area contributed by atoms with Gasteiger partial charge in [-0.05, 0) is 97.1 Å². The Kier molecular flexibility index (Phi) is 12.1. The van der Waals surface area contributed by atoms with Crippen LogP contribution in [-0.2, 0) is 14.3 Å². The molecule has 4 heterocycles. The van der Waals surface area contributed by atoms with E-state index in [0.717, 1.165) is 46.2 Å². The quantitative estimate of drug-likeness (QED) is 0.229. The van der Waals surface area contributed by atoms with Gasteiger partial charge < -0.3 is 25.0 Å². The zero-order valence-electron chi connectivity index (χ0n) is 30.3. The Morgan fingerprint density at radius 2 is 1.64 bits per heavy atom. The van der Waals surface area contributed by atoms with Gasteiger partial charge in [-0.15, -0.1) is 0 Å². The summed E-state index contributed by atoms with van der Waals surface area (Å²) in [6.07, 6.45) is 7.68. The van der Waals surface area contributed by atoms with E-state index >= 15 is 0 Å². The van der Waals surface area contributed by atoms with Crippen LogP contribution in [0.2, 0.25) is 0 Å². The largest absolute Gasteiger partial charge is 0.447 e. The van der Waals surface area contributed by atoms with Crippen molar-refractivity contribution in [3.05, 3.63) is 111 Å². The van der Waals surface area contributed by atoms with Crippen molar-refractivity contribution in [2.45, 2.75) is 87.9 Å². The molecular weight excluding hydrogens is 781 g/mol. The number of rotatable bonds is 11. The number of benzene rings is 3. The molecule has 4 aliphatic heterocycles. The number of nitrogens with zero attached hydrogens (tertiary/aromatic N) is 4. The van der Waals surface area contributed by atoms with Crippen LogP contribution < -0.4 is 5.32 Å². The van der Waals surface area contributed by atoms with E-state index in [9.17, 15) is 19.5 Å². The highest BCUT2D eigenvalue weighted by molar-refractivity contribution is 14.1. The van der Waals surface area contributed by atoms with Crippen LogP contribution in [0.3, 0.4) is 0 Å². The van der Waals surface area contributed by atoms with Gasteiger partial charge in [-0.2, -0.15) is 0 Å². The van der Waals surface area contributed by atoms with Gasteiger partial charge in [0.2, 0.25) is 11.8 Å². The van der Waals surface area contributed by atoms with Gasteiger partial charge in [-0.25, -0.2) is 4.79 Å². The molecule has 4 aliphatic rings. The summed E-state index contributed by atoms with van der Waals surface area (Å²) in [7, 11) is 0. The van der Waals surface area contributed by atoms with Gasteiger partial charge in [0.25, 0.3) is 0 Å². The number of nitrogens with one attached hydrogen (secondary N) is 1. The number of likely N-dealkylation sites (tertiary alicyclic amines) is 3. The molecule has 0 radical (unpaired) electrons. The maximum atomic E-state index is 14.5. The molecule has 4 fully saturated rings. The number of carbonyl (C=O) groups is 3. The Balaban J connectivity index is 1.18. The highest BCUT2D eigenvalue weighted by atomic mass is 127. The second-order valence-corrected chi connectivity index (χ2v) is 16.0. The van der Waals surface area contributed by atoms with Crippen LogP contribution in [0.1, 0.15) is 74.2 Å². The van der Waals surface area contributed by atoms with Gasteiger partial charge in [0.05, 0.1) is 30.6 Å². The second-order valence-electron chi connectivity index (χ2n) is 14.7. The number of aliphatic hydroxyl groups is 1. The van der Waals surface area contributed by atoms with Crippen molar-refractivity contribution in [2.24, 2.45) is 0 Å². The third-order valence-corrected chi connectivity index (χ3v) is 12.1. The average Bonchev–Trinajstić information content (AvgIpc) is 3.56. The van der Waals surface area contributed by atoms with Crippen molar-refractivity contribution in [1.82, 2.24) is 24.9 Å². The number of cyclic esters (lactones) is 1. The zero-order valence-corrected chi connectivity index (χ0v) is 32.5. The molecular formula is C42H50IN5O5. The topological polar surface area (TPSA) is 106 Å². The first-order chi connectivity index (χ1) is 25.8. The summed E-state index contributed by atoms with van der Waals surface area (Å²) in [4.78, 5) is 49.9. The van der Waals surface area contributed by atoms with Gasteiger partial charge in [0.15, 0.2) is 0 Å². The number of aliphatic hydroxyl groups excluding tert-OH is 1. The fraction of sp³-hybridized carbons (Fsp3) is 0.452. The first kappa shape index (κ1) is 37.5. The predicted molar refractivity (Wildman–Crippen MR) is 212 cm³/mol. The summed E-state index contributed by atoms with van der Waals surface area (Å²) in [5, 5.41) is 15.3. The third kappa shape index (κ3) is 8.48. The van der Waals surface area contributed by atoms with Gasteiger partial charge >= 0.3 is 6.09 Å². The van der Waals surface area contributed by atoms with Crippen molar-refractivity contribution in [3.8, 4) is 0 Å². The maximum absolute atomic E-state index is 14.5. The molecule has 10 nitrogen and oxygen atoms in total. The molecule has 0 spiro atoms. The van der Waals surface area contributed by atoms with Gasteiger partial charge in [-0.1, -0.05) is 91.4 Å². The van der Waals surface area contributed by atoms with Crippen LogP contribution in [0.15, 0.2) is 91.0 Å². The molecule has 0 bridgehead atoms. The number of hydrogen-bond donors (Lipinski definition) is 2. The van der Waals surface area contributed by atoms with Crippen molar-refractivity contribution < 1.29 is 24.2 Å². The van der Waals surface area contributed by atoms with E-state index in [1.807, 2.05) is 109 Å². The number of piperidine rings is 2. The van der Waals surface area contributed by atoms with Crippen molar-refractivity contribution in [2.75, 3.05) is 32.8 Å². The minimum absolute atomic E-state index is 0.0916. The summed E-state index contributed by atoms with van der Waals surface area (Å²) in [6, 6.07) is 24.9. The molecule has 3 aromatic carbocycles. The van der Waals surface area contributed by atoms with Crippen LogP contribution >= 0.6 is 22.6 Å². The first-order valence-corrected chi connectivity index (χ1v) is 20.1. The van der Waals surface area contributed by atoms with Gasteiger partial charge in [-0.3, -0.25) is 19.4 Å². The van der Waals surface area contributed by atoms with Crippen LogP contribution in [0.4, 0.5) is 4.79 Å². The van der Waals surface area contributed by atoms with Crippen LogP contribution in [-0.4, -0.2) is 106 Å². The molecule has 0 aromatic heterocycles. The van der Waals surface area contributed by atoms with E-state index in [2.05, 4.69) is 32.8 Å². The third-order valence-electron chi connectivity index (χ3n) is 11.5. The molecule has 3 aromatic rings. The lowest BCUT2D eigenvalue weighted by Crippen LogP contribution is -2.76. The SMILES string of the molecule is C[C@@H](NC(=O)[C@@H](CC(=O)N1CCC(N2CCCCC2)CC1)N1C(O)[C@@H](N2C(=O)OC[C@@H]2c2ccccc2)[C@H]1/C=C/c1cccc(I)c1)c1ccccc1. The lowest BCUT2D eigenvalue weighted by molar-refractivity contribution is -0.191. The predicted octanol–water partition coefficient (Wildman–Crippen LogP) is 5.98. The minimum atomic E-state index is -1.22. The minimum Gasteiger partial charge on any atom is -0.447 e.